The Bertz CT molecular complexity index is 714. The van der Waals surface area contributed by atoms with Crippen LogP contribution in [0, 0.1) is 12.8 Å². The molecule has 0 saturated heterocycles. The van der Waals surface area contributed by atoms with Crippen LogP contribution in [-0.2, 0) is 4.74 Å². The number of aromatic nitrogens is 2. The van der Waals surface area contributed by atoms with Gasteiger partial charge in [-0.15, -0.1) is 11.3 Å². The Morgan fingerprint density at radius 3 is 2.76 bits per heavy atom. The predicted molar refractivity (Wildman–Crippen MR) is 104 cm³/mol. The van der Waals surface area contributed by atoms with E-state index in [-0.39, 0.29) is 11.9 Å². The van der Waals surface area contributed by atoms with Crippen molar-refractivity contribution in [3.05, 3.63) is 16.8 Å². The second-order valence-corrected chi connectivity index (χ2v) is 7.60. The summed E-state index contributed by atoms with van der Waals surface area (Å²) in [5, 5.41) is 7.36. The maximum atomic E-state index is 12.5. The molecule has 2 aromatic heterocycles. The number of hydrogen-bond acceptors (Lipinski definition) is 6. The summed E-state index contributed by atoms with van der Waals surface area (Å²) in [7, 11) is 1.69. The number of nitrogens with zero attached hydrogens (tertiary/aromatic N) is 2. The molecular weight excluding hydrogens is 336 g/mol. The number of aryl methyl sites for hydroxylation is 1. The normalized spacial score (nSPS) is 12.6. The Kier molecular flexibility index (Phi) is 7.13. The molecule has 0 spiro atoms. The van der Waals surface area contributed by atoms with E-state index >= 15 is 0 Å². The average molecular weight is 365 g/mol. The maximum absolute atomic E-state index is 12.5. The summed E-state index contributed by atoms with van der Waals surface area (Å²) in [4.78, 5) is 22.8. The summed E-state index contributed by atoms with van der Waals surface area (Å²) >= 11 is 1.42. The van der Waals surface area contributed by atoms with Crippen molar-refractivity contribution >= 4 is 33.3 Å². The molecule has 6 nitrogen and oxygen atoms in total. The third kappa shape index (κ3) is 4.89. The number of methoxy groups -OCH3 is 1. The second kappa shape index (κ2) is 9.10. The van der Waals surface area contributed by atoms with Gasteiger partial charge in [0.2, 0.25) is 0 Å². The van der Waals surface area contributed by atoms with Crippen LogP contribution >= 0.6 is 11.3 Å². The van der Waals surface area contributed by atoms with Gasteiger partial charge >= 0.3 is 0 Å². The van der Waals surface area contributed by atoms with Gasteiger partial charge in [0.05, 0.1) is 22.9 Å². The van der Waals surface area contributed by atoms with Gasteiger partial charge < -0.3 is 15.4 Å². The Hall–Kier alpha value is -1.73. The third-order valence-corrected chi connectivity index (χ3v) is 5.34. The van der Waals surface area contributed by atoms with Crippen LogP contribution in [0.4, 0.5) is 5.82 Å². The molecule has 0 aliphatic carbocycles. The van der Waals surface area contributed by atoms with Gasteiger partial charge in [0.1, 0.15) is 17.0 Å². The Balaban J connectivity index is 2.26. The minimum atomic E-state index is -0.0315. The van der Waals surface area contributed by atoms with Crippen molar-refractivity contribution in [2.45, 2.75) is 46.6 Å². The minimum Gasteiger partial charge on any atom is -0.383 e. The van der Waals surface area contributed by atoms with E-state index in [0.29, 0.717) is 23.9 Å². The number of ether oxygens (including phenoxy) is 1. The highest BCUT2D eigenvalue weighted by Gasteiger charge is 2.20. The molecule has 2 N–H and O–H groups in total. The SMILES string of the molecule is CCC(COC)Nc1ncnc2sc(C(=O)NCCC(C)C)c(C)c12. The van der Waals surface area contributed by atoms with Crippen molar-refractivity contribution in [3.8, 4) is 0 Å². The van der Waals surface area contributed by atoms with E-state index in [1.54, 1.807) is 13.4 Å². The number of hydrogen-bond donors (Lipinski definition) is 2. The van der Waals surface area contributed by atoms with Gasteiger partial charge in [0.25, 0.3) is 5.91 Å². The van der Waals surface area contributed by atoms with E-state index in [1.807, 2.05) is 6.92 Å². The lowest BCUT2D eigenvalue weighted by atomic mass is 10.1. The molecule has 1 atom stereocenters. The van der Waals surface area contributed by atoms with E-state index in [2.05, 4.69) is 41.4 Å². The largest absolute Gasteiger partial charge is 0.383 e. The second-order valence-electron chi connectivity index (χ2n) is 6.60. The first-order chi connectivity index (χ1) is 12.0. The molecule has 25 heavy (non-hydrogen) atoms. The van der Waals surface area contributed by atoms with Gasteiger partial charge in [-0.05, 0) is 31.2 Å². The van der Waals surface area contributed by atoms with Crippen LogP contribution in [0.5, 0.6) is 0 Å². The zero-order valence-corrected chi connectivity index (χ0v) is 16.5. The first kappa shape index (κ1) is 19.6. The molecule has 0 radical (unpaired) electrons. The highest BCUT2D eigenvalue weighted by Crippen LogP contribution is 2.33. The molecule has 1 unspecified atom stereocenters. The van der Waals surface area contributed by atoms with Crippen LogP contribution in [0.2, 0.25) is 0 Å². The average Bonchev–Trinajstić information content (AvgIpc) is 2.92. The maximum Gasteiger partial charge on any atom is 0.261 e. The van der Waals surface area contributed by atoms with Crippen LogP contribution < -0.4 is 10.6 Å². The lowest BCUT2D eigenvalue weighted by Gasteiger charge is -2.17. The van der Waals surface area contributed by atoms with E-state index < -0.39 is 0 Å². The Labute approximate surface area is 153 Å². The number of fused-ring (bicyclic) bond motifs is 1. The number of carbonyl (C=O) groups is 1. The summed E-state index contributed by atoms with van der Waals surface area (Å²) in [5.41, 5.74) is 0.928. The highest BCUT2D eigenvalue weighted by atomic mass is 32.1. The monoisotopic (exact) mass is 364 g/mol. The van der Waals surface area contributed by atoms with Gasteiger partial charge in [-0.1, -0.05) is 20.8 Å². The molecule has 0 aliphatic rings. The standard InChI is InChI=1S/C18H28N4O2S/c1-6-13(9-24-5)22-16-14-12(4)15(25-18(14)21-10-20-16)17(23)19-8-7-11(2)3/h10-11,13H,6-9H2,1-5H3,(H,19,23)(H,20,21,22). The fourth-order valence-corrected chi connectivity index (χ4v) is 3.67. The molecule has 7 heteroatoms. The molecule has 0 aromatic carbocycles. The van der Waals surface area contributed by atoms with Crippen LogP contribution in [0.25, 0.3) is 10.2 Å². The van der Waals surface area contributed by atoms with Crippen molar-refractivity contribution in [3.63, 3.8) is 0 Å². The Morgan fingerprint density at radius 2 is 2.12 bits per heavy atom. The minimum absolute atomic E-state index is 0.0315. The predicted octanol–water partition coefficient (Wildman–Crippen LogP) is 3.61. The van der Waals surface area contributed by atoms with Crippen LogP contribution in [0.3, 0.4) is 0 Å². The van der Waals surface area contributed by atoms with Crippen LogP contribution in [0.15, 0.2) is 6.33 Å². The highest BCUT2D eigenvalue weighted by molar-refractivity contribution is 7.20. The number of amides is 1. The fourth-order valence-electron chi connectivity index (χ4n) is 2.61. The van der Waals surface area contributed by atoms with Crippen molar-refractivity contribution in [2.24, 2.45) is 5.92 Å². The van der Waals surface area contributed by atoms with Crippen molar-refractivity contribution in [2.75, 3.05) is 25.6 Å². The lowest BCUT2D eigenvalue weighted by Crippen LogP contribution is -2.25. The number of nitrogens with one attached hydrogen (secondary N) is 2. The van der Waals surface area contributed by atoms with Gasteiger partial charge in [-0.3, -0.25) is 4.79 Å². The molecule has 138 valence electrons. The summed E-state index contributed by atoms with van der Waals surface area (Å²) in [5.74, 6) is 1.30. The number of rotatable bonds is 9. The summed E-state index contributed by atoms with van der Waals surface area (Å²) in [6, 6.07) is 0.172. The topological polar surface area (TPSA) is 76.1 Å². The molecule has 0 bridgehead atoms. The molecule has 0 saturated carbocycles. The smallest absolute Gasteiger partial charge is 0.261 e. The molecule has 2 aromatic rings. The third-order valence-electron chi connectivity index (χ3n) is 4.14. The molecule has 0 aliphatic heterocycles. The van der Waals surface area contributed by atoms with E-state index in [9.17, 15) is 4.79 Å². The van der Waals surface area contributed by atoms with Crippen molar-refractivity contribution < 1.29 is 9.53 Å². The zero-order valence-electron chi connectivity index (χ0n) is 15.7. The van der Waals surface area contributed by atoms with Gasteiger partial charge in [0.15, 0.2) is 0 Å². The lowest BCUT2D eigenvalue weighted by molar-refractivity contribution is 0.0955. The number of anilines is 1. The quantitative estimate of drug-likeness (QED) is 0.711. The van der Waals surface area contributed by atoms with Crippen molar-refractivity contribution in [1.82, 2.24) is 15.3 Å². The molecular formula is C18H28N4O2S. The van der Waals surface area contributed by atoms with E-state index in [4.69, 9.17) is 4.74 Å². The van der Waals surface area contributed by atoms with Crippen LogP contribution in [0.1, 0.15) is 48.8 Å². The van der Waals surface area contributed by atoms with E-state index in [0.717, 1.165) is 34.4 Å². The summed E-state index contributed by atoms with van der Waals surface area (Å²) < 4.78 is 5.25. The van der Waals surface area contributed by atoms with Crippen molar-refractivity contribution in [1.29, 1.82) is 0 Å². The van der Waals surface area contributed by atoms with Gasteiger partial charge in [-0.25, -0.2) is 9.97 Å². The Morgan fingerprint density at radius 1 is 1.36 bits per heavy atom. The number of carbonyl (C=O) groups excluding carboxylic acids is 1. The first-order valence-corrected chi connectivity index (χ1v) is 9.57. The zero-order chi connectivity index (χ0) is 18.4. The molecule has 2 rings (SSSR count). The molecule has 2 heterocycles. The van der Waals surface area contributed by atoms with Gasteiger partial charge in [-0.2, -0.15) is 0 Å². The van der Waals surface area contributed by atoms with E-state index in [1.165, 1.54) is 11.3 Å². The number of thiophene rings is 1. The molecule has 0 fully saturated rings. The first-order valence-electron chi connectivity index (χ1n) is 8.75. The fraction of sp³-hybridized carbons (Fsp3) is 0.611. The summed E-state index contributed by atoms with van der Waals surface area (Å²) in [6.45, 7) is 9.65. The summed E-state index contributed by atoms with van der Waals surface area (Å²) in [6.07, 6.45) is 3.43. The van der Waals surface area contributed by atoms with Crippen LogP contribution in [-0.4, -0.2) is 42.2 Å². The van der Waals surface area contributed by atoms with Gasteiger partial charge in [0, 0.05) is 13.7 Å². The molecule has 1 amide bonds.